The fraction of sp³-hybridized carbons (Fsp3) is 0.0952. The number of nitriles is 1. The van der Waals surface area contributed by atoms with Gasteiger partial charge in [0.2, 0.25) is 0 Å². The summed E-state index contributed by atoms with van der Waals surface area (Å²) < 4.78 is 1.63. The van der Waals surface area contributed by atoms with Gasteiger partial charge in [-0.2, -0.15) is 10.4 Å². The second kappa shape index (κ2) is 9.15. The standard InChI is InChI=1S/C21H15Cl3N4O/c1-13-17(20(24)28(27-13)12-14-5-3-2-4-6-14)9-15(11-25)21(29)26-19-8-7-16(22)10-18(19)23/h2-10H,12H2,1H3,(H,26,29)/b15-9+. The van der Waals surface area contributed by atoms with Gasteiger partial charge in [0.25, 0.3) is 5.91 Å². The van der Waals surface area contributed by atoms with Crippen LogP contribution in [-0.4, -0.2) is 15.7 Å². The molecule has 2 aromatic carbocycles. The smallest absolute Gasteiger partial charge is 0.266 e. The Bertz CT molecular complexity index is 1130. The molecule has 0 fully saturated rings. The number of amides is 1. The molecule has 1 N–H and O–H groups in total. The van der Waals surface area contributed by atoms with E-state index in [1.165, 1.54) is 12.1 Å². The van der Waals surface area contributed by atoms with Crippen LogP contribution in [0.3, 0.4) is 0 Å². The summed E-state index contributed by atoms with van der Waals surface area (Å²) in [5, 5.41) is 17.6. The van der Waals surface area contributed by atoms with E-state index in [1.807, 2.05) is 36.4 Å². The number of carbonyl (C=O) groups excluding carboxylic acids is 1. The Kier molecular flexibility index (Phi) is 6.60. The number of hydrogen-bond acceptors (Lipinski definition) is 3. The number of nitrogens with zero attached hydrogens (tertiary/aromatic N) is 3. The Morgan fingerprint density at radius 2 is 1.93 bits per heavy atom. The Morgan fingerprint density at radius 1 is 1.21 bits per heavy atom. The molecule has 0 saturated carbocycles. The Balaban J connectivity index is 1.87. The molecule has 0 aliphatic rings. The highest BCUT2D eigenvalue weighted by atomic mass is 35.5. The van der Waals surface area contributed by atoms with Crippen LogP contribution >= 0.6 is 34.8 Å². The van der Waals surface area contributed by atoms with E-state index >= 15 is 0 Å². The molecule has 146 valence electrons. The van der Waals surface area contributed by atoms with Gasteiger partial charge in [0.15, 0.2) is 0 Å². The molecule has 1 amide bonds. The van der Waals surface area contributed by atoms with Crippen molar-refractivity contribution in [2.75, 3.05) is 5.32 Å². The molecule has 3 rings (SSSR count). The molecular formula is C21H15Cl3N4O. The Labute approximate surface area is 183 Å². The van der Waals surface area contributed by atoms with E-state index in [1.54, 1.807) is 23.7 Å². The first-order valence-corrected chi connectivity index (χ1v) is 9.67. The molecule has 1 heterocycles. The van der Waals surface area contributed by atoms with Gasteiger partial charge in [-0.3, -0.25) is 4.79 Å². The molecule has 0 spiro atoms. The second-order valence-corrected chi connectivity index (χ2v) is 7.38. The van der Waals surface area contributed by atoms with Crippen molar-refractivity contribution < 1.29 is 4.79 Å². The lowest BCUT2D eigenvalue weighted by molar-refractivity contribution is -0.112. The zero-order valence-electron chi connectivity index (χ0n) is 15.3. The molecule has 5 nitrogen and oxygen atoms in total. The van der Waals surface area contributed by atoms with Crippen molar-refractivity contribution in [3.8, 4) is 6.07 Å². The minimum Gasteiger partial charge on any atom is -0.320 e. The quantitative estimate of drug-likeness (QED) is 0.402. The van der Waals surface area contributed by atoms with Crippen molar-refractivity contribution >= 4 is 52.5 Å². The minimum absolute atomic E-state index is 0.125. The minimum atomic E-state index is -0.608. The Morgan fingerprint density at radius 3 is 2.59 bits per heavy atom. The lowest BCUT2D eigenvalue weighted by atomic mass is 10.1. The SMILES string of the molecule is Cc1nn(Cc2ccccc2)c(Cl)c1/C=C(\C#N)C(=O)Nc1ccc(Cl)cc1Cl. The molecule has 29 heavy (non-hydrogen) atoms. The predicted molar refractivity (Wildman–Crippen MR) is 116 cm³/mol. The maximum atomic E-state index is 12.5. The third-order valence-electron chi connectivity index (χ3n) is 4.12. The number of aromatic nitrogens is 2. The second-order valence-electron chi connectivity index (χ2n) is 6.18. The highest BCUT2D eigenvalue weighted by molar-refractivity contribution is 6.37. The van der Waals surface area contributed by atoms with Crippen molar-refractivity contribution in [1.82, 2.24) is 9.78 Å². The predicted octanol–water partition coefficient (Wildman–Crippen LogP) is 5.75. The topological polar surface area (TPSA) is 70.7 Å². The first kappa shape index (κ1) is 20.9. The average Bonchev–Trinajstić information content (AvgIpc) is 2.95. The maximum Gasteiger partial charge on any atom is 0.266 e. The van der Waals surface area contributed by atoms with Crippen LogP contribution in [0.25, 0.3) is 6.08 Å². The number of rotatable bonds is 5. The summed E-state index contributed by atoms with van der Waals surface area (Å²) in [4.78, 5) is 12.5. The monoisotopic (exact) mass is 444 g/mol. The van der Waals surface area contributed by atoms with Crippen LogP contribution < -0.4 is 5.32 Å². The van der Waals surface area contributed by atoms with Gasteiger partial charge >= 0.3 is 0 Å². The van der Waals surface area contributed by atoms with Crippen molar-refractivity contribution in [2.24, 2.45) is 0 Å². The van der Waals surface area contributed by atoms with Gasteiger partial charge in [-0.05, 0) is 36.8 Å². The summed E-state index contributed by atoms with van der Waals surface area (Å²) >= 11 is 18.4. The summed E-state index contributed by atoms with van der Waals surface area (Å²) in [5.41, 5.74) is 2.38. The van der Waals surface area contributed by atoms with Crippen molar-refractivity contribution in [2.45, 2.75) is 13.5 Å². The van der Waals surface area contributed by atoms with Gasteiger partial charge in [0, 0.05) is 10.6 Å². The zero-order chi connectivity index (χ0) is 21.0. The van der Waals surface area contributed by atoms with Crippen LogP contribution in [0, 0.1) is 18.3 Å². The van der Waals surface area contributed by atoms with Crippen LogP contribution in [0.2, 0.25) is 15.2 Å². The van der Waals surface area contributed by atoms with Crippen LogP contribution in [-0.2, 0) is 11.3 Å². The highest BCUT2D eigenvalue weighted by Crippen LogP contribution is 2.27. The summed E-state index contributed by atoms with van der Waals surface area (Å²) in [7, 11) is 0. The highest BCUT2D eigenvalue weighted by Gasteiger charge is 2.17. The van der Waals surface area contributed by atoms with Gasteiger partial charge in [0.1, 0.15) is 16.8 Å². The van der Waals surface area contributed by atoms with Crippen LogP contribution in [0.1, 0.15) is 16.8 Å². The molecule has 0 aliphatic carbocycles. The third-order valence-corrected chi connectivity index (χ3v) is 5.06. The largest absolute Gasteiger partial charge is 0.320 e. The van der Waals surface area contributed by atoms with E-state index in [-0.39, 0.29) is 10.6 Å². The van der Waals surface area contributed by atoms with Crippen molar-refractivity contribution in [3.05, 3.63) is 86.1 Å². The van der Waals surface area contributed by atoms with Crippen LogP contribution in [0.5, 0.6) is 0 Å². The number of anilines is 1. The van der Waals surface area contributed by atoms with Gasteiger partial charge in [-0.1, -0.05) is 65.1 Å². The van der Waals surface area contributed by atoms with Crippen molar-refractivity contribution in [1.29, 1.82) is 5.26 Å². The van der Waals surface area contributed by atoms with E-state index in [2.05, 4.69) is 10.4 Å². The number of aryl methyl sites for hydroxylation is 1. The first-order chi connectivity index (χ1) is 13.9. The molecule has 1 aromatic heterocycles. The van der Waals surface area contributed by atoms with E-state index in [0.717, 1.165) is 5.56 Å². The maximum absolute atomic E-state index is 12.5. The summed E-state index contributed by atoms with van der Waals surface area (Å²) in [6, 6.07) is 16.3. The fourth-order valence-corrected chi connectivity index (χ4v) is 3.41. The number of hydrogen-bond donors (Lipinski definition) is 1. The fourth-order valence-electron chi connectivity index (χ4n) is 2.67. The number of halogens is 3. The van der Waals surface area contributed by atoms with E-state index in [4.69, 9.17) is 34.8 Å². The molecule has 0 bridgehead atoms. The average molecular weight is 446 g/mol. The summed E-state index contributed by atoms with van der Waals surface area (Å²) in [6.07, 6.45) is 1.42. The summed E-state index contributed by atoms with van der Waals surface area (Å²) in [6.45, 7) is 2.24. The van der Waals surface area contributed by atoms with Gasteiger partial charge in [0.05, 0.1) is 22.9 Å². The van der Waals surface area contributed by atoms with E-state index < -0.39 is 5.91 Å². The first-order valence-electron chi connectivity index (χ1n) is 8.54. The lowest BCUT2D eigenvalue weighted by Crippen LogP contribution is -2.13. The van der Waals surface area contributed by atoms with Gasteiger partial charge in [-0.25, -0.2) is 4.68 Å². The molecule has 0 atom stereocenters. The molecule has 8 heteroatoms. The molecule has 0 saturated heterocycles. The molecular weight excluding hydrogens is 431 g/mol. The Hall–Kier alpha value is -2.78. The van der Waals surface area contributed by atoms with Gasteiger partial charge < -0.3 is 5.32 Å². The normalized spacial score (nSPS) is 11.2. The molecule has 3 aromatic rings. The molecule has 0 aliphatic heterocycles. The van der Waals surface area contributed by atoms with Crippen LogP contribution in [0.4, 0.5) is 5.69 Å². The van der Waals surface area contributed by atoms with Gasteiger partial charge in [-0.15, -0.1) is 0 Å². The zero-order valence-corrected chi connectivity index (χ0v) is 17.6. The third kappa shape index (κ3) is 4.99. The van der Waals surface area contributed by atoms with Crippen LogP contribution in [0.15, 0.2) is 54.1 Å². The number of carbonyl (C=O) groups is 1. The van der Waals surface area contributed by atoms with Crippen molar-refractivity contribution in [3.63, 3.8) is 0 Å². The van der Waals surface area contributed by atoms with E-state index in [9.17, 15) is 10.1 Å². The molecule has 0 radical (unpaired) electrons. The molecule has 0 unspecified atom stereocenters. The van der Waals surface area contributed by atoms with E-state index in [0.29, 0.717) is 33.7 Å². The summed E-state index contributed by atoms with van der Waals surface area (Å²) in [5.74, 6) is -0.608. The lowest BCUT2D eigenvalue weighted by Gasteiger charge is -2.07. The number of benzene rings is 2. The number of nitrogens with one attached hydrogen (secondary N) is 1.